The van der Waals surface area contributed by atoms with Gasteiger partial charge in [-0.05, 0) is 49.8 Å². The van der Waals surface area contributed by atoms with Crippen molar-refractivity contribution in [2.24, 2.45) is 0 Å². The van der Waals surface area contributed by atoms with Gasteiger partial charge in [0.15, 0.2) is 0 Å². The van der Waals surface area contributed by atoms with E-state index < -0.39 is 0 Å². The van der Waals surface area contributed by atoms with Gasteiger partial charge < -0.3 is 10.0 Å². The van der Waals surface area contributed by atoms with Gasteiger partial charge in [0.05, 0.1) is 0 Å². The lowest BCUT2D eigenvalue weighted by Gasteiger charge is -2.19. The Balaban J connectivity index is 2.81. The van der Waals surface area contributed by atoms with Gasteiger partial charge >= 0.3 is 0 Å². The lowest BCUT2D eigenvalue weighted by atomic mass is 9.95. The molecule has 0 heterocycles. The van der Waals surface area contributed by atoms with Crippen LogP contribution < -0.4 is 0 Å². The second-order valence-electron chi connectivity index (χ2n) is 5.57. The highest BCUT2D eigenvalue weighted by Gasteiger charge is 2.13. The van der Waals surface area contributed by atoms with Crippen molar-refractivity contribution < 1.29 is 9.90 Å². The molecule has 0 fully saturated rings. The molecule has 1 rings (SSSR count). The molecule has 0 radical (unpaired) electrons. The Morgan fingerprint density at radius 3 is 2.35 bits per heavy atom. The van der Waals surface area contributed by atoms with E-state index in [0.29, 0.717) is 12.2 Å². The van der Waals surface area contributed by atoms with Crippen molar-refractivity contribution in [3.63, 3.8) is 0 Å². The van der Waals surface area contributed by atoms with Gasteiger partial charge in [-0.2, -0.15) is 0 Å². The second kappa shape index (κ2) is 7.32. The van der Waals surface area contributed by atoms with Gasteiger partial charge in [-0.1, -0.05) is 26.0 Å². The molecular weight excluding hydrogens is 250 g/mol. The SMILES string of the molecule is CCN(CC)C(=O)CCc1cc(C)c(O)c(C(C)C)c1. The predicted molar refractivity (Wildman–Crippen MR) is 83.2 cm³/mol. The number of aryl methyl sites for hydroxylation is 2. The highest BCUT2D eigenvalue weighted by atomic mass is 16.3. The van der Waals surface area contributed by atoms with E-state index >= 15 is 0 Å². The Morgan fingerprint density at radius 2 is 1.85 bits per heavy atom. The van der Waals surface area contributed by atoms with E-state index in [0.717, 1.165) is 36.2 Å². The first-order valence-electron chi connectivity index (χ1n) is 7.50. The van der Waals surface area contributed by atoms with Crippen LogP contribution in [0.1, 0.15) is 56.7 Å². The summed E-state index contributed by atoms with van der Waals surface area (Å²) in [7, 11) is 0. The number of phenolic OH excluding ortho intramolecular Hbond substituents is 1. The predicted octanol–water partition coefficient (Wildman–Crippen LogP) is 3.63. The van der Waals surface area contributed by atoms with Crippen molar-refractivity contribution >= 4 is 5.91 Å². The molecule has 112 valence electrons. The Morgan fingerprint density at radius 1 is 1.25 bits per heavy atom. The van der Waals surface area contributed by atoms with E-state index in [9.17, 15) is 9.90 Å². The van der Waals surface area contributed by atoms with Crippen LogP contribution in [-0.4, -0.2) is 29.0 Å². The zero-order chi connectivity index (χ0) is 15.3. The van der Waals surface area contributed by atoms with Crippen molar-refractivity contribution in [3.05, 3.63) is 28.8 Å². The Bertz CT molecular complexity index is 462. The summed E-state index contributed by atoms with van der Waals surface area (Å²) in [6, 6.07) is 4.01. The molecule has 20 heavy (non-hydrogen) atoms. The van der Waals surface area contributed by atoms with Crippen molar-refractivity contribution in [2.75, 3.05) is 13.1 Å². The van der Waals surface area contributed by atoms with Crippen LogP contribution in [0.3, 0.4) is 0 Å². The molecule has 0 saturated heterocycles. The van der Waals surface area contributed by atoms with Gasteiger partial charge in [-0.25, -0.2) is 0 Å². The number of amides is 1. The molecule has 0 atom stereocenters. The summed E-state index contributed by atoms with van der Waals surface area (Å²) < 4.78 is 0. The second-order valence-corrected chi connectivity index (χ2v) is 5.57. The third kappa shape index (κ3) is 3.99. The van der Waals surface area contributed by atoms with Crippen LogP contribution in [0.15, 0.2) is 12.1 Å². The van der Waals surface area contributed by atoms with E-state index in [2.05, 4.69) is 13.8 Å². The molecular formula is C17H27NO2. The lowest BCUT2D eigenvalue weighted by molar-refractivity contribution is -0.130. The molecule has 0 aliphatic carbocycles. The third-order valence-electron chi connectivity index (χ3n) is 3.76. The van der Waals surface area contributed by atoms with E-state index in [1.807, 2.05) is 37.8 Å². The van der Waals surface area contributed by atoms with E-state index in [4.69, 9.17) is 0 Å². The van der Waals surface area contributed by atoms with Gasteiger partial charge in [0.2, 0.25) is 5.91 Å². The minimum absolute atomic E-state index is 0.201. The van der Waals surface area contributed by atoms with Gasteiger partial charge in [0.25, 0.3) is 0 Å². The highest BCUT2D eigenvalue weighted by Crippen LogP contribution is 2.30. The zero-order valence-electron chi connectivity index (χ0n) is 13.4. The molecule has 0 bridgehead atoms. The molecule has 1 amide bonds. The standard InChI is InChI=1S/C17H27NO2/c1-6-18(7-2)16(19)9-8-14-10-13(5)17(20)15(11-14)12(3)4/h10-12,20H,6-9H2,1-5H3. The third-order valence-corrected chi connectivity index (χ3v) is 3.76. The zero-order valence-corrected chi connectivity index (χ0v) is 13.4. The van der Waals surface area contributed by atoms with Crippen LogP contribution in [-0.2, 0) is 11.2 Å². The summed E-state index contributed by atoms with van der Waals surface area (Å²) in [6.07, 6.45) is 1.26. The monoisotopic (exact) mass is 277 g/mol. The number of hydrogen-bond donors (Lipinski definition) is 1. The van der Waals surface area contributed by atoms with Crippen LogP contribution in [0.5, 0.6) is 5.75 Å². The van der Waals surface area contributed by atoms with Crippen molar-refractivity contribution in [3.8, 4) is 5.75 Å². The molecule has 1 aromatic rings. The molecule has 0 unspecified atom stereocenters. The smallest absolute Gasteiger partial charge is 0.222 e. The summed E-state index contributed by atoms with van der Waals surface area (Å²) >= 11 is 0. The molecule has 1 N–H and O–H groups in total. The van der Waals surface area contributed by atoms with E-state index in [1.54, 1.807) is 0 Å². The fourth-order valence-electron chi connectivity index (χ4n) is 2.45. The van der Waals surface area contributed by atoms with Crippen molar-refractivity contribution in [1.82, 2.24) is 4.90 Å². The fourth-order valence-corrected chi connectivity index (χ4v) is 2.45. The average Bonchev–Trinajstić information content (AvgIpc) is 2.41. The first-order valence-corrected chi connectivity index (χ1v) is 7.50. The number of aromatic hydroxyl groups is 1. The maximum Gasteiger partial charge on any atom is 0.222 e. The summed E-state index contributed by atoms with van der Waals surface area (Å²) in [5.41, 5.74) is 2.99. The van der Waals surface area contributed by atoms with E-state index in [1.165, 1.54) is 0 Å². The number of rotatable bonds is 6. The number of carbonyl (C=O) groups excluding carboxylic acids is 1. The minimum atomic E-state index is 0.201. The molecule has 3 heteroatoms. The van der Waals surface area contributed by atoms with Crippen molar-refractivity contribution in [1.29, 1.82) is 0 Å². The first kappa shape index (κ1) is 16.5. The summed E-state index contributed by atoms with van der Waals surface area (Å²) in [6.45, 7) is 11.6. The van der Waals surface area contributed by atoms with Crippen molar-refractivity contribution in [2.45, 2.75) is 53.4 Å². The average molecular weight is 277 g/mol. The molecule has 3 nitrogen and oxygen atoms in total. The molecule has 0 saturated carbocycles. The molecule has 0 spiro atoms. The largest absolute Gasteiger partial charge is 0.507 e. The molecule has 0 aliphatic rings. The lowest BCUT2D eigenvalue weighted by Crippen LogP contribution is -2.30. The Hall–Kier alpha value is -1.51. The molecule has 0 aromatic heterocycles. The number of nitrogens with zero attached hydrogens (tertiary/aromatic N) is 1. The van der Waals surface area contributed by atoms with Crippen LogP contribution in [0, 0.1) is 6.92 Å². The van der Waals surface area contributed by atoms with Gasteiger partial charge in [0, 0.05) is 19.5 Å². The van der Waals surface area contributed by atoms with Gasteiger partial charge in [-0.15, -0.1) is 0 Å². The quantitative estimate of drug-likeness (QED) is 0.862. The molecule has 0 aliphatic heterocycles. The summed E-state index contributed by atoms with van der Waals surface area (Å²) in [5, 5.41) is 10.1. The van der Waals surface area contributed by atoms with E-state index in [-0.39, 0.29) is 11.8 Å². The Labute approximate surface area is 122 Å². The normalized spacial score (nSPS) is 10.9. The van der Waals surface area contributed by atoms with Crippen LogP contribution >= 0.6 is 0 Å². The number of phenols is 1. The topological polar surface area (TPSA) is 40.5 Å². The first-order chi connectivity index (χ1) is 9.40. The van der Waals surface area contributed by atoms with Crippen LogP contribution in [0.4, 0.5) is 0 Å². The van der Waals surface area contributed by atoms with Gasteiger partial charge in [0.1, 0.15) is 5.75 Å². The number of hydrogen-bond acceptors (Lipinski definition) is 2. The van der Waals surface area contributed by atoms with Crippen LogP contribution in [0.25, 0.3) is 0 Å². The fraction of sp³-hybridized carbons (Fsp3) is 0.588. The molecule has 1 aromatic carbocycles. The van der Waals surface area contributed by atoms with Crippen LogP contribution in [0.2, 0.25) is 0 Å². The Kier molecular flexibility index (Phi) is 6.05. The summed E-state index contributed by atoms with van der Waals surface area (Å²) in [4.78, 5) is 13.9. The van der Waals surface area contributed by atoms with Gasteiger partial charge in [-0.3, -0.25) is 4.79 Å². The highest BCUT2D eigenvalue weighted by molar-refractivity contribution is 5.76. The summed E-state index contributed by atoms with van der Waals surface area (Å²) in [5.74, 6) is 0.873. The minimum Gasteiger partial charge on any atom is -0.507 e. The maximum absolute atomic E-state index is 12.0. The number of benzene rings is 1. The number of carbonyl (C=O) groups is 1. The maximum atomic E-state index is 12.0.